The maximum atomic E-state index is 12.7. The van der Waals surface area contributed by atoms with Crippen LogP contribution in [0.5, 0.6) is 0 Å². The average Bonchev–Trinajstić information content (AvgIpc) is 3.24. The summed E-state index contributed by atoms with van der Waals surface area (Å²) in [5.74, 6) is 0.0209. The Bertz CT molecular complexity index is 1200. The molecule has 2 heterocycles. The van der Waals surface area contributed by atoms with Crippen molar-refractivity contribution < 1.29 is 4.79 Å². The number of fused-ring (bicyclic) bond motifs is 1. The summed E-state index contributed by atoms with van der Waals surface area (Å²) >= 11 is 0. The zero-order chi connectivity index (χ0) is 25.1. The van der Waals surface area contributed by atoms with E-state index < -0.39 is 0 Å². The number of benzene rings is 2. The first-order valence-electron chi connectivity index (χ1n) is 13.6. The second-order valence-electron chi connectivity index (χ2n) is 10.6. The number of rotatable bonds is 7. The Balaban J connectivity index is 1.07. The Labute approximate surface area is 216 Å². The monoisotopic (exact) mass is 484 g/mol. The normalized spacial score (nSPS) is 16.1. The van der Waals surface area contributed by atoms with E-state index >= 15 is 0 Å². The van der Waals surface area contributed by atoms with Gasteiger partial charge in [-0.05, 0) is 113 Å². The molecule has 0 atom stereocenters. The number of nitrogens with zero attached hydrogens (tertiary/aromatic N) is 3. The summed E-state index contributed by atoms with van der Waals surface area (Å²) in [6.07, 6.45) is 5.86. The number of hydrogen-bond donors (Lipinski definition) is 1. The van der Waals surface area contributed by atoms with Crippen molar-refractivity contribution in [1.29, 1.82) is 0 Å². The molecule has 36 heavy (non-hydrogen) atoms. The van der Waals surface area contributed by atoms with Crippen LogP contribution in [0.15, 0.2) is 48.5 Å². The van der Waals surface area contributed by atoms with Gasteiger partial charge in [0.05, 0.1) is 0 Å². The predicted molar refractivity (Wildman–Crippen MR) is 149 cm³/mol. The van der Waals surface area contributed by atoms with E-state index in [2.05, 4.69) is 76.9 Å². The highest BCUT2D eigenvalue weighted by molar-refractivity contribution is 5.94. The molecule has 0 radical (unpaired) electrons. The molecule has 5 heteroatoms. The fourth-order valence-electron chi connectivity index (χ4n) is 5.85. The molecule has 190 valence electrons. The minimum atomic E-state index is 0.0209. The second-order valence-corrected chi connectivity index (χ2v) is 10.6. The molecule has 1 fully saturated rings. The van der Waals surface area contributed by atoms with Crippen LogP contribution in [0.3, 0.4) is 0 Å². The average molecular weight is 485 g/mol. The van der Waals surface area contributed by atoms with E-state index in [1.807, 2.05) is 12.1 Å². The van der Waals surface area contributed by atoms with Gasteiger partial charge in [-0.2, -0.15) is 0 Å². The number of piperazine rings is 1. The van der Waals surface area contributed by atoms with Crippen molar-refractivity contribution in [2.75, 3.05) is 44.2 Å². The topological polar surface area (TPSA) is 40.5 Å². The van der Waals surface area contributed by atoms with Gasteiger partial charge in [0.1, 0.15) is 0 Å². The Morgan fingerprint density at radius 3 is 2.42 bits per heavy atom. The molecule has 0 unspecified atom stereocenters. The largest absolute Gasteiger partial charge is 0.369 e. The maximum Gasteiger partial charge on any atom is 0.251 e. The van der Waals surface area contributed by atoms with Crippen LogP contribution < -0.4 is 10.2 Å². The van der Waals surface area contributed by atoms with Gasteiger partial charge in [0.15, 0.2) is 0 Å². The molecular formula is C31H40N4O. The molecule has 3 aromatic rings. The van der Waals surface area contributed by atoms with Gasteiger partial charge in [-0.1, -0.05) is 12.1 Å². The van der Waals surface area contributed by atoms with E-state index in [9.17, 15) is 4.79 Å². The summed E-state index contributed by atoms with van der Waals surface area (Å²) in [6, 6.07) is 17.2. The smallest absolute Gasteiger partial charge is 0.251 e. The standard InChI is InChI=1S/C31H40N4O/c1-23-9-10-24(2)30(21-23)34-19-17-33(18-20-34)16-6-15-32-31(36)26-11-13-28(14-12-26)35-25(3)22-27-7-4-5-8-29(27)35/h9-14,21-22H,4-8,15-20H2,1-3H3,(H,32,36). The van der Waals surface area contributed by atoms with Gasteiger partial charge in [-0.3, -0.25) is 9.69 Å². The number of anilines is 1. The van der Waals surface area contributed by atoms with E-state index in [0.29, 0.717) is 6.54 Å². The molecule has 0 bridgehead atoms. The first-order chi connectivity index (χ1) is 17.5. The Kier molecular flexibility index (Phi) is 7.47. The van der Waals surface area contributed by atoms with Crippen molar-refractivity contribution in [3.63, 3.8) is 0 Å². The summed E-state index contributed by atoms with van der Waals surface area (Å²) in [5, 5.41) is 3.12. The highest BCUT2D eigenvalue weighted by atomic mass is 16.1. The lowest BCUT2D eigenvalue weighted by Crippen LogP contribution is -2.47. The number of carbonyl (C=O) groups is 1. The Morgan fingerprint density at radius 1 is 0.889 bits per heavy atom. The number of carbonyl (C=O) groups excluding carboxylic acids is 1. The van der Waals surface area contributed by atoms with Crippen molar-refractivity contribution in [3.05, 3.63) is 82.2 Å². The van der Waals surface area contributed by atoms with Crippen molar-refractivity contribution >= 4 is 11.6 Å². The summed E-state index contributed by atoms with van der Waals surface area (Å²) in [7, 11) is 0. The fourth-order valence-corrected chi connectivity index (χ4v) is 5.85. The van der Waals surface area contributed by atoms with Gasteiger partial charge in [0, 0.05) is 61.0 Å². The molecule has 5 nitrogen and oxygen atoms in total. The van der Waals surface area contributed by atoms with Gasteiger partial charge in [-0.25, -0.2) is 0 Å². The van der Waals surface area contributed by atoms with Crippen LogP contribution >= 0.6 is 0 Å². The van der Waals surface area contributed by atoms with Gasteiger partial charge < -0.3 is 14.8 Å². The fraction of sp³-hybridized carbons (Fsp3) is 0.452. The van der Waals surface area contributed by atoms with Crippen LogP contribution in [-0.4, -0.2) is 54.6 Å². The lowest BCUT2D eigenvalue weighted by Gasteiger charge is -2.37. The van der Waals surface area contributed by atoms with Crippen LogP contribution in [0, 0.1) is 20.8 Å². The highest BCUT2D eigenvalue weighted by Crippen LogP contribution is 2.28. The zero-order valence-electron chi connectivity index (χ0n) is 22.1. The van der Waals surface area contributed by atoms with E-state index in [1.165, 1.54) is 53.0 Å². The maximum absolute atomic E-state index is 12.7. The van der Waals surface area contributed by atoms with Crippen molar-refractivity contribution in [2.24, 2.45) is 0 Å². The Hall–Kier alpha value is -3.05. The number of aryl methyl sites for hydroxylation is 4. The molecular weight excluding hydrogens is 444 g/mol. The van der Waals surface area contributed by atoms with E-state index in [4.69, 9.17) is 0 Å². The molecule has 2 aliphatic rings. The molecule has 1 aromatic heterocycles. The molecule has 1 aliphatic carbocycles. The minimum absolute atomic E-state index is 0.0209. The lowest BCUT2D eigenvalue weighted by atomic mass is 9.98. The minimum Gasteiger partial charge on any atom is -0.369 e. The molecule has 1 amide bonds. The molecule has 0 spiro atoms. The lowest BCUT2D eigenvalue weighted by molar-refractivity contribution is 0.0951. The van der Waals surface area contributed by atoms with Crippen molar-refractivity contribution in [1.82, 2.24) is 14.8 Å². The van der Waals surface area contributed by atoms with E-state index in [1.54, 1.807) is 0 Å². The Morgan fingerprint density at radius 2 is 1.64 bits per heavy atom. The summed E-state index contributed by atoms with van der Waals surface area (Å²) in [4.78, 5) is 17.7. The van der Waals surface area contributed by atoms with Crippen LogP contribution in [-0.2, 0) is 12.8 Å². The van der Waals surface area contributed by atoms with E-state index in [-0.39, 0.29) is 5.91 Å². The predicted octanol–water partition coefficient (Wildman–Crippen LogP) is 5.22. The summed E-state index contributed by atoms with van der Waals surface area (Å²) in [5.41, 5.74) is 10.2. The summed E-state index contributed by atoms with van der Waals surface area (Å²) in [6.45, 7) is 12.6. The van der Waals surface area contributed by atoms with Gasteiger partial charge in [0.2, 0.25) is 0 Å². The first-order valence-corrected chi connectivity index (χ1v) is 13.6. The third-order valence-electron chi connectivity index (χ3n) is 7.89. The van der Waals surface area contributed by atoms with Crippen molar-refractivity contribution in [3.8, 4) is 5.69 Å². The number of nitrogens with one attached hydrogen (secondary N) is 1. The van der Waals surface area contributed by atoms with Gasteiger partial charge >= 0.3 is 0 Å². The zero-order valence-corrected chi connectivity index (χ0v) is 22.1. The van der Waals surface area contributed by atoms with E-state index in [0.717, 1.165) is 56.8 Å². The summed E-state index contributed by atoms with van der Waals surface area (Å²) < 4.78 is 2.37. The van der Waals surface area contributed by atoms with Crippen LogP contribution in [0.25, 0.3) is 5.69 Å². The second kappa shape index (κ2) is 10.9. The molecule has 1 aliphatic heterocycles. The van der Waals surface area contributed by atoms with Crippen LogP contribution in [0.1, 0.15) is 57.7 Å². The quantitative estimate of drug-likeness (QED) is 0.467. The van der Waals surface area contributed by atoms with Gasteiger partial charge in [-0.15, -0.1) is 0 Å². The first kappa shape index (κ1) is 24.6. The molecule has 0 saturated carbocycles. The number of amides is 1. The SMILES string of the molecule is Cc1ccc(C)c(N2CCN(CCCNC(=O)c3ccc(-n4c(C)cc5c4CCCC5)cc3)CC2)c1. The molecule has 1 N–H and O–H groups in total. The number of hydrogen-bond acceptors (Lipinski definition) is 3. The van der Waals surface area contributed by atoms with Crippen LogP contribution in [0.2, 0.25) is 0 Å². The molecule has 1 saturated heterocycles. The third-order valence-corrected chi connectivity index (χ3v) is 7.89. The third kappa shape index (κ3) is 5.36. The highest BCUT2D eigenvalue weighted by Gasteiger charge is 2.19. The number of aromatic nitrogens is 1. The van der Waals surface area contributed by atoms with Crippen LogP contribution in [0.4, 0.5) is 5.69 Å². The molecule has 2 aromatic carbocycles. The molecule has 5 rings (SSSR count). The van der Waals surface area contributed by atoms with Gasteiger partial charge in [0.25, 0.3) is 5.91 Å². The van der Waals surface area contributed by atoms with Crippen molar-refractivity contribution in [2.45, 2.75) is 52.9 Å².